The van der Waals surface area contributed by atoms with Crippen molar-refractivity contribution >= 4 is 17.0 Å². The van der Waals surface area contributed by atoms with Gasteiger partial charge in [-0.1, -0.05) is 18.2 Å². The third-order valence-electron chi connectivity index (χ3n) is 2.23. The van der Waals surface area contributed by atoms with E-state index in [1.54, 1.807) is 11.3 Å². The third kappa shape index (κ3) is 2.53. The zero-order valence-corrected chi connectivity index (χ0v) is 9.42. The average molecular weight is 219 g/mol. The van der Waals surface area contributed by atoms with Gasteiger partial charge in [0.1, 0.15) is 10.0 Å². The van der Waals surface area contributed by atoms with Crippen molar-refractivity contribution in [2.75, 3.05) is 5.73 Å². The van der Waals surface area contributed by atoms with Gasteiger partial charge in [0.15, 0.2) is 0 Å². The van der Waals surface area contributed by atoms with Crippen molar-refractivity contribution < 1.29 is 0 Å². The van der Waals surface area contributed by atoms with Crippen LogP contribution in [0, 0.1) is 6.92 Å². The van der Waals surface area contributed by atoms with E-state index < -0.39 is 0 Å². The summed E-state index contributed by atoms with van der Waals surface area (Å²) in [5.41, 5.74) is 7.90. The summed E-state index contributed by atoms with van der Waals surface area (Å²) in [5.74, 6) is 0. The van der Waals surface area contributed by atoms with Crippen LogP contribution in [0.3, 0.4) is 0 Å². The first-order valence-corrected chi connectivity index (χ1v) is 5.70. The van der Waals surface area contributed by atoms with E-state index in [-0.39, 0.29) is 0 Å². The number of nitrogens with two attached hydrogens (primary N) is 1. The normalized spacial score (nSPS) is 10.5. The average Bonchev–Trinajstić information content (AvgIpc) is 2.63. The molecule has 0 aliphatic rings. The van der Waals surface area contributed by atoms with Crippen molar-refractivity contribution in [2.24, 2.45) is 0 Å². The predicted octanol–water partition coefficient (Wildman–Crippen LogP) is 2.21. The number of rotatable bonds is 3. The molecule has 1 aromatic carbocycles. The number of hydrogen-bond donors (Lipinski definition) is 1. The van der Waals surface area contributed by atoms with Crippen LogP contribution in [0.4, 0.5) is 5.69 Å². The maximum atomic E-state index is 5.86. The van der Waals surface area contributed by atoms with Gasteiger partial charge in [0, 0.05) is 12.1 Å². The summed E-state index contributed by atoms with van der Waals surface area (Å²) in [4.78, 5) is 0. The molecule has 78 valence electrons. The first kappa shape index (κ1) is 10.1. The summed E-state index contributed by atoms with van der Waals surface area (Å²) in [6.45, 7) is 1.97. The molecule has 1 heterocycles. The van der Waals surface area contributed by atoms with Crippen LogP contribution in [0.25, 0.3) is 0 Å². The van der Waals surface area contributed by atoms with Crippen LogP contribution in [0.2, 0.25) is 0 Å². The minimum atomic E-state index is 0.860. The molecule has 0 fully saturated rings. The van der Waals surface area contributed by atoms with E-state index in [9.17, 15) is 0 Å². The van der Waals surface area contributed by atoms with Gasteiger partial charge < -0.3 is 5.73 Å². The standard InChI is InChI=1S/C11H13N3S/c1-8-13-14-11(15-8)7-6-9-4-2-3-5-10(9)12/h2-5H,6-7,12H2,1H3. The first-order chi connectivity index (χ1) is 7.25. The molecule has 0 radical (unpaired) electrons. The second-order valence-corrected chi connectivity index (χ2v) is 4.68. The number of para-hydroxylation sites is 1. The zero-order chi connectivity index (χ0) is 10.7. The van der Waals surface area contributed by atoms with E-state index in [1.807, 2.05) is 25.1 Å². The fourth-order valence-corrected chi connectivity index (χ4v) is 2.15. The van der Waals surface area contributed by atoms with Gasteiger partial charge in [-0.25, -0.2) is 0 Å². The number of nitrogens with zero attached hydrogens (tertiary/aromatic N) is 2. The van der Waals surface area contributed by atoms with Gasteiger partial charge in [-0.05, 0) is 25.0 Å². The van der Waals surface area contributed by atoms with Crippen LogP contribution in [0.5, 0.6) is 0 Å². The van der Waals surface area contributed by atoms with Crippen molar-refractivity contribution in [3.63, 3.8) is 0 Å². The molecular weight excluding hydrogens is 206 g/mol. The molecule has 0 atom stereocenters. The van der Waals surface area contributed by atoms with Crippen molar-refractivity contribution in [2.45, 2.75) is 19.8 Å². The van der Waals surface area contributed by atoms with Crippen LogP contribution in [0.15, 0.2) is 24.3 Å². The summed E-state index contributed by atoms with van der Waals surface area (Å²) >= 11 is 1.65. The molecule has 2 rings (SSSR count). The van der Waals surface area contributed by atoms with E-state index in [0.29, 0.717) is 0 Å². The van der Waals surface area contributed by atoms with E-state index in [1.165, 1.54) is 5.56 Å². The lowest BCUT2D eigenvalue weighted by atomic mass is 10.1. The lowest BCUT2D eigenvalue weighted by Crippen LogP contribution is -1.96. The lowest BCUT2D eigenvalue weighted by Gasteiger charge is -2.02. The van der Waals surface area contributed by atoms with Crippen molar-refractivity contribution in [1.82, 2.24) is 10.2 Å². The number of aryl methyl sites for hydroxylation is 3. The van der Waals surface area contributed by atoms with E-state index in [0.717, 1.165) is 28.5 Å². The Morgan fingerprint density at radius 3 is 2.67 bits per heavy atom. The zero-order valence-electron chi connectivity index (χ0n) is 8.60. The number of aromatic nitrogens is 2. The molecule has 0 unspecified atom stereocenters. The molecule has 2 N–H and O–H groups in total. The first-order valence-electron chi connectivity index (χ1n) is 4.88. The summed E-state index contributed by atoms with van der Waals surface area (Å²) in [6.07, 6.45) is 1.85. The Labute approximate surface area is 93.0 Å². The Morgan fingerprint density at radius 1 is 1.20 bits per heavy atom. The SMILES string of the molecule is Cc1nnc(CCc2ccccc2N)s1. The molecule has 0 bridgehead atoms. The largest absolute Gasteiger partial charge is 0.399 e. The van der Waals surface area contributed by atoms with Crippen LogP contribution < -0.4 is 5.73 Å². The predicted molar refractivity (Wildman–Crippen MR) is 62.9 cm³/mol. The number of benzene rings is 1. The molecule has 0 aliphatic heterocycles. The summed E-state index contributed by atoms with van der Waals surface area (Å²) in [5, 5.41) is 10.2. The fraction of sp³-hybridized carbons (Fsp3) is 0.273. The van der Waals surface area contributed by atoms with Gasteiger partial charge in [-0.3, -0.25) is 0 Å². The van der Waals surface area contributed by atoms with Gasteiger partial charge in [0.25, 0.3) is 0 Å². The number of nitrogen functional groups attached to an aromatic ring is 1. The summed E-state index contributed by atoms with van der Waals surface area (Å²) in [7, 11) is 0. The van der Waals surface area contributed by atoms with Crippen LogP contribution in [0.1, 0.15) is 15.6 Å². The van der Waals surface area contributed by atoms with Gasteiger partial charge in [-0.15, -0.1) is 21.5 Å². The van der Waals surface area contributed by atoms with Crippen molar-refractivity contribution in [3.05, 3.63) is 39.8 Å². The Balaban J connectivity index is 2.02. The van der Waals surface area contributed by atoms with E-state index in [2.05, 4.69) is 16.3 Å². The van der Waals surface area contributed by atoms with E-state index >= 15 is 0 Å². The second kappa shape index (κ2) is 4.40. The Bertz CT molecular complexity index is 451. The molecule has 0 amide bonds. The van der Waals surface area contributed by atoms with Crippen molar-refractivity contribution in [3.8, 4) is 0 Å². The van der Waals surface area contributed by atoms with Crippen molar-refractivity contribution in [1.29, 1.82) is 0 Å². The molecule has 0 saturated carbocycles. The molecule has 0 aliphatic carbocycles. The molecule has 2 aromatic rings. The highest BCUT2D eigenvalue weighted by Gasteiger charge is 2.02. The van der Waals surface area contributed by atoms with Crippen LogP contribution in [-0.2, 0) is 12.8 Å². The smallest absolute Gasteiger partial charge is 0.117 e. The summed E-state index contributed by atoms with van der Waals surface area (Å²) in [6, 6.07) is 7.95. The Kier molecular flexibility index (Phi) is 2.97. The maximum Gasteiger partial charge on any atom is 0.117 e. The Hall–Kier alpha value is -1.42. The quantitative estimate of drug-likeness (QED) is 0.805. The third-order valence-corrected chi connectivity index (χ3v) is 3.13. The molecule has 15 heavy (non-hydrogen) atoms. The van der Waals surface area contributed by atoms with Gasteiger partial charge in [0.05, 0.1) is 0 Å². The molecule has 4 heteroatoms. The minimum absolute atomic E-state index is 0.860. The van der Waals surface area contributed by atoms with E-state index in [4.69, 9.17) is 5.73 Å². The molecule has 3 nitrogen and oxygen atoms in total. The topological polar surface area (TPSA) is 51.8 Å². The van der Waals surface area contributed by atoms with Gasteiger partial charge in [-0.2, -0.15) is 0 Å². The summed E-state index contributed by atoms with van der Waals surface area (Å²) < 4.78 is 0. The minimum Gasteiger partial charge on any atom is -0.399 e. The highest BCUT2D eigenvalue weighted by Crippen LogP contribution is 2.15. The molecular formula is C11H13N3S. The highest BCUT2D eigenvalue weighted by molar-refractivity contribution is 7.11. The Morgan fingerprint density at radius 2 is 2.00 bits per heavy atom. The lowest BCUT2D eigenvalue weighted by molar-refractivity contribution is 0.899. The highest BCUT2D eigenvalue weighted by atomic mass is 32.1. The monoisotopic (exact) mass is 219 g/mol. The molecule has 0 spiro atoms. The fourth-order valence-electron chi connectivity index (χ4n) is 1.44. The van der Waals surface area contributed by atoms with Crippen LogP contribution >= 0.6 is 11.3 Å². The van der Waals surface area contributed by atoms with Gasteiger partial charge >= 0.3 is 0 Å². The second-order valence-electron chi connectivity index (χ2n) is 3.41. The number of hydrogen-bond acceptors (Lipinski definition) is 4. The maximum absolute atomic E-state index is 5.86. The molecule has 1 aromatic heterocycles. The van der Waals surface area contributed by atoms with Crippen LogP contribution in [-0.4, -0.2) is 10.2 Å². The van der Waals surface area contributed by atoms with Gasteiger partial charge in [0.2, 0.25) is 0 Å². The molecule has 0 saturated heterocycles. The number of anilines is 1.